The Morgan fingerprint density at radius 3 is 2.46 bits per heavy atom. The van der Waals surface area contributed by atoms with E-state index in [4.69, 9.17) is 14.2 Å². The third kappa shape index (κ3) is 5.47. The first-order valence-corrected chi connectivity index (χ1v) is 9.58. The summed E-state index contributed by atoms with van der Waals surface area (Å²) in [6, 6.07) is 15.9. The number of nitrogens with one attached hydrogen (secondary N) is 1. The van der Waals surface area contributed by atoms with E-state index in [9.17, 15) is 4.79 Å². The van der Waals surface area contributed by atoms with Gasteiger partial charge < -0.3 is 19.5 Å². The highest BCUT2D eigenvalue weighted by atomic mass is 16.5. The van der Waals surface area contributed by atoms with Gasteiger partial charge in [0.05, 0.1) is 26.4 Å². The Labute approximate surface area is 166 Å². The van der Waals surface area contributed by atoms with Crippen molar-refractivity contribution in [2.45, 2.75) is 13.0 Å². The Kier molecular flexibility index (Phi) is 7.28. The molecule has 1 N–H and O–H groups in total. The Morgan fingerprint density at radius 1 is 1.11 bits per heavy atom. The molecule has 1 saturated heterocycles. The van der Waals surface area contributed by atoms with Crippen molar-refractivity contribution in [3.05, 3.63) is 59.7 Å². The molecule has 0 spiro atoms. The van der Waals surface area contributed by atoms with E-state index in [1.54, 1.807) is 19.2 Å². The van der Waals surface area contributed by atoms with E-state index < -0.39 is 0 Å². The van der Waals surface area contributed by atoms with E-state index in [0.717, 1.165) is 13.1 Å². The van der Waals surface area contributed by atoms with E-state index in [0.29, 0.717) is 31.3 Å². The summed E-state index contributed by atoms with van der Waals surface area (Å²) in [5.41, 5.74) is 2.41. The molecule has 1 amide bonds. The van der Waals surface area contributed by atoms with Crippen molar-refractivity contribution in [3.63, 3.8) is 0 Å². The average molecular weight is 384 g/mol. The Morgan fingerprint density at radius 2 is 1.79 bits per heavy atom. The zero-order valence-corrected chi connectivity index (χ0v) is 16.5. The number of benzene rings is 2. The number of ether oxygens (including phenoxy) is 3. The number of rotatable bonds is 8. The first kappa shape index (κ1) is 20.2. The second-order valence-corrected chi connectivity index (χ2v) is 6.82. The lowest BCUT2D eigenvalue weighted by Gasteiger charge is -2.35. The maximum Gasteiger partial charge on any atom is 0.258 e. The van der Waals surface area contributed by atoms with Crippen molar-refractivity contribution >= 4 is 5.91 Å². The summed E-state index contributed by atoms with van der Waals surface area (Å²) < 4.78 is 16.3. The SMILES string of the molecule is COc1ccccc1OCC(=O)NC[C@H](c1ccc(C)cc1)N1CCOCC1. The van der Waals surface area contributed by atoms with Gasteiger partial charge in [0, 0.05) is 19.6 Å². The molecule has 1 fully saturated rings. The molecule has 0 radical (unpaired) electrons. The van der Waals surface area contributed by atoms with Crippen LogP contribution in [-0.2, 0) is 9.53 Å². The van der Waals surface area contributed by atoms with Gasteiger partial charge in [0.15, 0.2) is 18.1 Å². The van der Waals surface area contributed by atoms with E-state index in [2.05, 4.69) is 41.4 Å². The third-order valence-electron chi connectivity index (χ3n) is 4.87. The van der Waals surface area contributed by atoms with Crippen LogP contribution in [0.25, 0.3) is 0 Å². The number of nitrogens with zero attached hydrogens (tertiary/aromatic N) is 1. The molecule has 28 heavy (non-hydrogen) atoms. The topological polar surface area (TPSA) is 60.0 Å². The summed E-state index contributed by atoms with van der Waals surface area (Å²) in [6.07, 6.45) is 0. The average Bonchev–Trinajstić information content (AvgIpc) is 2.74. The van der Waals surface area contributed by atoms with Crippen LogP contribution in [0.15, 0.2) is 48.5 Å². The summed E-state index contributed by atoms with van der Waals surface area (Å²) in [5.74, 6) is 1.01. The zero-order chi connectivity index (χ0) is 19.8. The highest BCUT2D eigenvalue weighted by Gasteiger charge is 2.23. The second-order valence-electron chi connectivity index (χ2n) is 6.82. The molecule has 1 atom stereocenters. The number of para-hydroxylation sites is 2. The van der Waals surface area contributed by atoms with Gasteiger partial charge in [-0.3, -0.25) is 9.69 Å². The molecule has 0 aliphatic carbocycles. The van der Waals surface area contributed by atoms with Crippen molar-refractivity contribution < 1.29 is 19.0 Å². The molecule has 0 saturated carbocycles. The molecule has 0 aromatic heterocycles. The molecule has 1 aliphatic heterocycles. The van der Waals surface area contributed by atoms with Crippen LogP contribution < -0.4 is 14.8 Å². The molecule has 3 rings (SSSR count). The minimum atomic E-state index is -0.156. The number of carbonyl (C=O) groups is 1. The van der Waals surface area contributed by atoms with Crippen LogP contribution in [0, 0.1) is 6.92 Å². The van der Waals surface area contributed by atoms with E-state index >= 15 is 0 Å². The normalized spacial score (nSPS) is 15.6. The number of aryl methyl sites for hydroxylation is 1. The van der Waals surface area contributed by atoms with Gasteiger partial charge in [-0.1, -0.05) is 42.0 Å². The minimum absolute atomic E-state index is 0.0515. The van der Waals surface area contributed by atoms with Gasteiger partial charge in [-0.15, -0.1) is 0 Å². The summed E-state index contributed by atoms with van der Waals surface area (Å²) in [4.78, 5) is 14.7. The third-order valence-corrected chi connectivity index (χ3v) is 4.87. The molecule has 6 heteroatoms. The van der Waals surface area contributed by atoms with Gasteiger partial charge in [0.2, 0.25) is 0 Å². The summed E-state index contributed by atoms with van der Waals surface area (Å²) in [6.45, 7) is 5.68. The molecule has 150 valence electrons. The van der Waals surface area contributed by atoms with E-state index in [-0.39, 0.29) is 18.6 Å². The van der Waals surface area contributed by atoms with Crippen LogP contribution in [0.3, 0.4) is 0 Å². The number of methoxy groups -OCH3 is 1. The van der Waals surface area contributed by atoms with E-state index in [1.165, 1.54) is 11.1 Å². The van der Waals surface area contributed by atoms with Crippen LogP contribution in [-0.4, -0.2) is 57.4 Å². The molecule has 2 aromatic carbocycles. The molecule has 0 bridgehead atoms. The highest BCUT2D eigenvalue weighted by Crippen LogP contribution is 2.25. The lowest BCUT2D eigenvalue weighted by Crippen LogP contribution is -2.44. The van der Waals surface area contributed by atoms with Gasteiger partial charge in [-0.05, 0) is 24.6 Å². The van der Waals surface area contributed by atoms with Gasteiger partial charge in [-0.25, -0.2) is 0 Å². The number of hydrogen-bond donors (Lipinski definition) is 1. The Bertz CT molecular complexity index is 757. The number of hydrogen-bond acceptors (Lipinski definition) is 5. The number of carbonyl (C=O) groups excluding carboxylic acids is 1. The maximum absolute atomic E-state index is 12.4. The highest BCUT2D eigenvalue weighted by molar-refractivity contribution is 5.77. The fraction of sp³-hybridized carbons (Fsp3) is 0.409. The van der Waals surface area contributed by atoms with Crippen LogP contribution in [0.4, 0.5) is 0 Å². The first-order chi connectivity index (χ1) is 13.7. The molecular weight excluding hydrogens is 356 g/mol. The van der Waals surface area contributed by atoms with Crippen molar-refractivity contribution in [1.82, 2.24) is 10.2 Å². The molecule has 1 aliphatic rings. The first-order valence-electron chi connectivity index (χ1n) is 9.58. The maximum atomic E-state index is 12.4. The van der Waals surface area contributed by atoms with Crippen LogP contribution in [0.1, 0.15) is 17.2 Å². The second kappa shape index (κ2) is 10.1. The standard InChI is InChI=1S/C22H28N2O4/c1-17-7-9-18(10-8-17)19(24-11-13-27-14-12-24)15-23-22(25)16-28-21-6-4-3-5-20(21)26-2/h3-10,19H,11-16H2,1-2H3,(H,23,25)/t19-/m1/s1. The number of amides is 1. The van der Waals surface area contributed by atoms with E-state index in [1.807, 2.05) is 12.1 Å². The van der Waals surface area contributed by atoms with Crippen LogP contribution >= 0.6 is 0 Å². The van der Waals surface area contributed by atoms with Crippen molar-refractivity contribution in [2.24, 2.45) is 0 Å². The zero-order valence-electron chi connectivity index (χ0n) is 16.5. The summed E-state index contributed by atoms with van der Waals surface area (Å²) in [7, 11) is 1.58. The minimum Gasteiger partial charge on any atom is -0.493 e. The molecule has 6 nitrogen and oxygen atoms in total. The van der Waals surface area contributed by atoms with Crippen LogP contribution in [0.5, 0.6) is 11.5 Å². The Balaban J connectivity index is 1.59. The van der Waals surface area contributed by atoms with Gasteiger partial charge in [0.1, 0.15) is 0 Å². The predicted molar refractivity (Wildman–Crippen MR) is 108 cm³/mol. The smallest absolute Gasteiger partial charge is 0.258 e. The lowest BCUT2D eigenvalue weighted by atomic mass is 10.0. The van der Waals surface area contributed by atoms with Crippen molar-refractivity contribution in [3.8, 4) is 11.5 Å². The van der Waals surface area contributed by atoms with Gasteiger partial charge >= 0.3 is 0 Å². The fourth-order valence-electron chi connectivity index (χ4n) is 3.28. The van der Waals surface area contributed by atoms with Crippen molar-refractivity contribution in [1.29, 1.82) is 0 Å². The van der Waals surface area contributed by atoms with Gasteiger partial charge in [0.25, 0.3) is 5.91 Å². The molecule has 0 unspecified atom stereocenters. The quantitative estimate of drug-likeness (QED) is 0.758. The van der Waals surface area contributed by atoms with Crippen LogP contribution in [0.2, 0.25) is 0 Å². The number of morpholine rings is 1. The fourth-order valence-corrected chi connectivity index (χ4v) is 3.28. The van der Waals surface area contributed by atoms with Crippen molar-refractivity contribution in [2.75, 3.05) is 46.6 Å². The molecular formula is C22H28N2O4. The summed E-state index contributed by atoms with van der Waals surface area (Å²) in [5, 5.41) is 3.01. The molecule has 2 aromatic rings. The summed E-state index contributed by atoms with van der Waals surface area (Å²) >= 11 is 0. The predicted octanol–water partition coefficient (Wildman–Crippen LogP) is 2.57. The lowest BCUT2D eigenvalue weighted by molar-refractivity contribution is -0.123. The monoisotopic (exact) mass is 384 g/mol. The molecule has 1 heterocycles. The van der Waals surface area contributed by atoms with Gasteiger partial charge in [-0.2, -0.15) is 0 Å². The largest absolute Gasteiger partial charge is 0.493 e. The Hall–Kier alpha value is -2.57.